The van der Waals surface area contributed by atoms with Crippen LogP contribution < -0.4 is 4.90 Å². The maximum absolute atomic E-state index is 12.8. The van der Waals surface area contributed by atoms with Crippen molar-refractivity contribution in [3.63, 3.8) is 0 Å². The maximum atomic E-state index is 12.8. The van der Waals surface area contributed by atoms with Gasteiger partial charge in [-0.3, -0.25) is 14.6 Å². The largest absolute Gasteiger partial charge is 0.481 e. The highest BCUT2D eigenvalue weighted by molar-refractivity contribution is 6.13. The minimum Gasteiger partial charge on any atom is -0.481 e. The van der Waals surface area contributed by atoms with E-state index in [1.807, 2.05) is 30.3 Å². The number of rotatable bonds is 5. The average Bonchev–Trinajstić information content (AvgIpc) is 2.71. The van der Waals surface area contributed by atoms with E-state index in [-0.39, 0.29) is 12.3 Å². The molecular weight excluding hydrogens is 316 g/mol. The van der Waals surface area contributed by atoms with Crippen LogP contribution in [-0.4, -0.2) is 29.0 Å². The Bertz CT molecular complexity index is 842. The molecule has 1 aromatic heterocycles. The molecular formula is C20H20N2O3. The normalized spacial score (nSPS) is 14.8. The van der Waals surface area contributed by atoms with Gasteiger partial charge in [-0.1, -0.05) is 24.3 Å². The SMILES string of the molecule is CN1C(=O)c2cnccc2C(=CCCCCC(=O)O)c2ccccc21. The Hall–Kier alpha value is -2.95. The number of carbonyl (C=O) groups is 2. The highest BCUT2D eigenvalue weighted by Gasteiger charge is 2.26. The summed E-state index contributed by atoms with van der Waals surface area (Å²) in [6, 6.07) is 9.69. The van der Waals surface area contributed by atoms with Gasteiger partial charge in [0.2, 0.25) is 0 Å². The van der Waals surface area contributed by atoms with E-state index in [4.69, 9.17) is 5.11 Å². The Morgan fingerprint density at radius 1 is 1.16 bits per heavy atom. The van der Waals surface area contributed by atoms with Crippen LogP contribution in [0, 0.1) is 0 Å². The first-order chi connectivity index (χ1) is 12.1. The quantitative estimate of drug-likeness (QED) is 0.844. The van der Waals surface area contributed by atoms with Gasteiger partial charge in [-0.25, -0.2) is 0 Å². The van der Waals surface area contributed by atoms with Gasteiger partial charge in [0.15, 0.2) is 0 Å². The molecule has 2 heterocycles. The van der Waals surface area contributed by atoms with Crippen LogP contribution in [0.25, 0.3) is 5.57 Å². The summed E-state index contributed by atoms with van der Waals surface area (Å²) in [5.74, 6) is -0.846. The van der Waals surface area contributed by atoms with E-state index >= 15 is 0 Å². The molecule has 1 aromatic carbocycles. The molecule has 3 rings (SSSR count). The fourth-order valence-electron chi connectivity index (χ4n) is 3.12. The number of hydrogen-bond acceptors (Lipinski definition) is 3. The number of carboxylic acid groups (broad SMARTS) is 1. The number of carboxylic acids is 1. The predicted octanol–water partition coefficient (Wildman–Crippen LogP) is 3.75. The number of allylic oxidation sites excluding steroid dienone is 1. The molecule has 1 amide bonds. The smallest absolute Gasteiger partial charge is 0.303 e. The third-order valence-electron chi connectivity index (χ3n) is 4.40. The van der Waals surface area contributed by atoms with Crippen molar-refractivity contribution >= 4 is 23.1 Å². The van der Waals surface area contributed by atoms with E-state index in [0.717, 1.165) is 35.2 Å². The number of fused-ring (bicyclic) bond motifs is 2. The second-order valence-corrected chi connectivity index (χ2v) is 6.06. The summed E-state index contributed by atoms with van der Waals surface area (Å²) >= 11 is 0. The topological polar surface area (TPSA) is 70.5 Å². The summed E-state index contributed by atoms with van der Waals surface area (Å²) in [4.78, 5) is 29.2. The molecule has 0 aliphatic carbocycles. The van der Waals surface area contributed by atoms with Crippen molar-refractivity contribution in [2.45, 2.75) is 25.7 Å². The van der Waals surface area contributed by atoms with Gasteiger partial charge in [0.25, 0.3) is 5.91 Å². The van der Waals surface area contributed by atoms with Crippen molar-refractivity contribution < 1.29 is 14.7 Å². The molecule has 0 bridgehead atoms. The number of para-hydroxylation sites is 1. The first-order valence-electron chi connectivity index (χ1n) is 8.33. The number of aliphatic carboxylic acids is 1. The van der Waals surface area contributed by atoms with Gasteiger partial charge < -0.3 is 10.0 Å². The zero-order chi connectivity index (χ0) is 17.8. The van der Waals surface area contributed by atoms with Gasteiger partial charge in [-0.05, 0) is 42.5 Å². The van der Waals surface area contributed by atoms with Crippen LogP contribution >= 0.6 is 0 Å². The fraction of sp³-hybridized carbons (Fsp3) is 0.250. The summed E-state index contributed by atoms with van der Waals surface area (Å²) in [5, 5.41) is 8.75. The minimum atomic E-state index is -0.767. The molecule has 0 saturated carbocycles. The number of benzene rings is 1. The molecule has 0 fully saturated rings. The Morgan fingerprint density at radius 2 is 1.96 bits per heavy atom. The van der Waals surface area contributed by atoms with Crippen molar-refractivity contribution in [1.29, 1.82) is 0 Å². The fourth-order valence-corrected chi connectivity index (χ4v) is 3.12. The highest BCUT2D eigenvalue weighted by Crippen LogP contribution is 2.37. The molecule has 0 saturated heterocycles. The van der Waals surface area contributed by atoms with Gasteiger partial charge in [-0.15, -0.1) is 0 Å². The third-order valence-corrected chi connectivity index (χ3v) is 4.40. The number of hydrogen-bond donors (Lipinski definition) is 1. The van der Waals surface area contributed by atoms with E-state index < -0.39 is 5.97 Å². The number of unbranched alkanes of at least 4 members (excludes halogenated alkanes) is 2. The van der Waals surface area contributed by atoms with E-state index in [1.165, 1.54) is 0 Å². The van der Waals surface area contributed by atoms with Crippen LogP contribution in [0.3, 0.4) is 0 Å². The molecule has 5 nitrogen and oxygen atoms in total. The maximum Gasteiger partial charge on any atom is 0.303 e. The standard InChI is InChI=1S/C20H20N2O3/c1-22-18-9-6-5-8-16(18)14(7-3-2-4-10-19(23)24)15-11-12-21-13-17(15)20(22)25/h5-9,11-13H,2-4,10H2,1H3,(H,23,24). The Kier molecular flexibility index (Phi) is 4.93. The molecule has 0 unspecified atom stereocenters. The third kappa shape index (κ3) is 3.45. The number of amides is 1. The van der Waals surface area contributed by atoms with Crippen molar-refractivity contribution in [2.24, 2.45) is 0 Å². The summed E-state index contributed by atoms with van der Waals surface area (Å²) < 4.78 is 0. The van der Waals surface area contributed by atoms with Crippen LogP contribution in [0.5, 0.6) is 0 Å². The summed E-state index contributed by atoms with van der Waals surface area (Å²) in [5.41, 5.74) is 4.32. The molecule has 1 N–H and O–H groups in total. The zero-order valence-electron chi connectivity index (χ0n) is 14.1. The van der Waals surface area contributed by atoms with E-state index in [2.05, 4.69) is 11.1 Å². The first-order valence-corrected chi connectivity index (χ1v) is 8.33. The number of anilines is 1. The lowest BCUT2D eigenvalue weighted by Gasteiger charge is -2.17. The van der Waals surface area contributed by atoms with Gasteiger partial charge in [0.05, 0.1) is 11.3 Å². The number of pyridine rings is 1. The van der Waals surface area contributed by atoms with Crippen LogP contribution in [-0.2, 0) is 4.79 Å². The Labute approximate surface area is 146 Å². The van der Waals surface area contributed by atoms with Crippen molar-refractivity contribution in [2.75, 3.05) is 11.9 Å². The summed E-state index contributed by atoms with van der Waals surface area (Å²) in [6.45, 7) is 0. The molecule has 5 heteroatoms. The average molecular weight is 336 g/mol. The predicted molar refractivity (Wildman–Crippen MR) is 96.6 cm³/mol. The van der Waals surface area contributed by atoms with Crippen molar-refractivity contribution in [3.8, 4) is 0 Å². The van der Waals surface area contributed by atoms with Crippen molar-refractivity contribution in [3.05, 3.63) is 65.5 Å². The lowest BCUT2D eigenvalue weighted by Crippen LogP contribution is -2.26. The second kappa shape index (κ2) is 7.30. The van der Waals surface area contributed by atoms with Crippen molar-refractivity contribution in [1.82, 2.24) is 4.98 Å². The molecule has 1 aliphatic rings. The van der Waals surface area contributed by atoms with Gasteiger partial charge in [0.1, 0.15) is 0 Å². The van der Waals surface area contributed by atoms with Crippen LogP contribution in [0.1, 0.15) is 47.2 Å². The molecule has 25 heavy (non-hydrogen) atoms. The summed E-state index contributed by atoms with van der Waals surface area (Å²) in [6.07, 6.45) is 7.78. The second-order valence-electron chi connectivity index (χ2n) is 6.06. The number of nitrogens with zero attached hydrogens (tertiary/aromatic N) is 2. The van der Waals surface area contributed by atoms with E-state index in [9.17, 15) is 9.59 Å². The Morgan fingerprint density at radius 3 is 2.76 bits per heavy atom. The van der Waals surface area contributed by atoms with Crippen LogP contribution in [0.2, 0.25) is 0 Å². The molecule has 1 aliphatic heterocycles. The number of carbonyl (C=O) groups excluding carboxylic acids is 1. The number of aromatic nitrogens is 1. The lowest BCUT2D eigenvalue weighted by molar-refractivity contribution is -0.137. The van der Waals surface area contributed by atoms with Gasteiger partial charge in [-0.2, -0.15) is 0 Å². The monoisotopic (exact) mass is 336 g/mol. The van der Waals surface area contributed by atoms with E-state index in [0.29, 0.717) is 12.0 Å². The van der Waals surface area contributed by atoms with Crippen LogP contribution in [0.15, 0.2) is 48.8 Å². The summed E-state index contributed by atoms with van der Waals surface area (Å²) in [7, 11) is 1.77. The van der Waals surface area contributed by atoms with Crippen LogP contribution in [0.4, 0.5) is 5.69 Å². The first kappa shape index (κ1) is 16.9. The molecule has 2 aromatic rings. The highest BCUT2D eigenvalue weighted by atomic mass is 16.4. The lowest BCUT2D eigenvalue weighted by atomic mass is 9.94. The molecule has 0 atom stereocenters. The molecule has 0 radical (unpaired) electrons. The zero-order valence-corrected chi connectivity index (χ0v) is 14.1. The Balaban J connectivity index is 2.01. The van der Waals surface area contributed by atoms with Gasteiger partial charge in [0, 0.05) is 31.4 Å². The molecule has 0 spiro atoms. The van der Waals surface area contributed by atoms with E-state index in [1.54, 1.807) is 24.3 Å². The van der Waals surface area contributed by atoms with Gasteiger partial charge >= 0.3 is 5.97 Å². The minimum absolute atomic E-state index is 0.0789. The molecule has 128 valence electrons.